The first kappa shape index (κ1) is 11.6. The van der Waals surface area contributed by atoms with Crippen LogP contribution in [0.15, 0.2) is 24.3 Å². The van der Waals surface area contributed by atoms with Crippen LogP contribution in [0.1, 0.15) is 24.5 Å². The van der Waals surface area contributed by atoms with Gasteiger partial charge in [-0.3, -0.25) is 0 Å². The van der Waals surface area contributed by atoms with Crippen molar-refractivity contribution in [1.29, 1.82) is 0 Å². The Morgan fingerprint density at radius 1 is 1.36 bits per heavy atom. The highest BCUT2D eigenvalue weighted by Crippen LogP contribution is 2.16. The highest BCUT2D eigenvalue weighted by molar-refractivity contribution is 7.98. The fraction of sp³-hybridized carbons (Fsp3) is 0.500. The summed E-state index contributed by atoms with van der Waals surface area (Å²) >= 11 is 1.97. The highest BCUT2D eigenvalue weighted by atomic mass is 32.2. The zero-order valence-corrected chi connectivity index (χ0v) is 9.81. The van der Waals surface area contributed by atoms with Crippen LogP contribution in [0.2, 0.25) is 0 Å². The van der Waals surface area contributed by atoms with Gasteiger partial charge in [0.2, 0.25) is 0 Å². The summed E-state index contributed by atoms with van der Waals surface area (Å²) in [5.41, 5.74) is 8.52. The molecule has 0 aliphatic heterocycles. The first-order chi connectivity index (χ1) is 6.70. The van der Waals surface area contributed by atoms with Gasteiger partial charge in [0.15, 0.2) is 0 Å². The molecule has 78 valence electrons. The molecule has 0 aliphatic rings. The zero-order chi connectivity index (χ0) is 10.4. The molecular formula is C12H19NS. The summed E-state index contributed by atoms with van der Waals surface area (Å²) in [5, 5.41) is 0. The van der Waals surface area contributed by atoms with Crippen LogP contribution in [-0.4, -0.2) is 11.8 Å². The molecule has 1 unspecified atom stereocenters. The van der Waals surface area contributed by atoms with Crippen molar-refractivity contribution in [1.82, 2.24) is 0 Å². The number of hydrogen-bond donors (Lipinski definition) is 1. The second-order valence-electron chi connectivity index (χ2n) is 3.75. The number of aryl methyl sites for hydroxylation is 1. The Morgan fingerprint density at radius 3 is 2.71 bits per heavy atom. The molecule has 0 aromatic heterocycles. The lowest BCUT2D eigenvalue weighted by Gasteiger charge is -2.06. The summed E-state index contributed by atoms with van der Waals surface area (Å²) in [6, 6.07) is 8.90. The third-order valence-corrected chi connectivity index (χ3v) is 3.28. The van der Waals surface area contributed by atoms with Crippen molar-refractivity contribution in [3.05, 3.63) is 35.4 Å². The standard InChI is InChI=1S/C12H19NS/c1-10-5-3-4-6-12(10)9-14-8-7-11(2)13/h3-6,11H,7-9,13H2,1-2H3. The molecule has 1 aromatic carbocycles. The van der Waals surface area contributed by atoms with Crippen molar-refractivity contribution in [2.45, 2.75) is 32.1 Å². The number of thioether (sulfide) groups is 1. The predicted octanol–water partition coefficient (Wildman–Crippen LogP) is 2.97. The van der Waals surface area contributed by atoms with E-state index in [1.807, 2.05) is 11.8 Å². The molecule has 0 saturated heterocycles. The molecule has 2 heteroatoms. The first-order valence-corrected chi connectivity index (χ1v) is 6.23. The highest BCUT2D eigenvalue weighted by Gasteiger charge is 1.98. The summed E-state index contributed by atoms with van der Waals surface area (Å²) in [6.45, 7) is 4.23. The largest absolute Gasteiger partial charge is 0.328 e. The van der Waals surface area contributed by atoms with Crippen molar-refractivity contribution in [3.63, 3.8) is 0 Å². The van der Waals surface area contributed by atoms with Crippen LogP contribution in [0.25, 0.3) is 0 Å². The fourth-order valence-electron chi connectivity index (χ4n) is 1.22. The molecule has 0 heterocycles. The molecule has 0 bridgehead atoms. The molecule has 14 heavy (non-hydrogen) atoms. The maximum absolute atomic E-state index is 5.69. The van der Waals surface area contributed by atoms with Gasteiger partial charge in [0.1, 0.15) is 0 Å². The van der Waals surface area contributed by atoms with Gasteiger partial charge in [-0.05, 0) is 37.1 Å². The van der Waals surface area contributed by atoms with E-state index in [-0.39, 0.29) is 0 Å². The zero-order valence-electron chi connectivity index (χ0n) is 8.99. The number of benzene rings is 1. The lowest BCUT2D eigenvalue weighted by Crippen LogP contribution is -2.15. The van der Waals surface area contributed by atoms with Crippen molar-refractivity contribution in [2.24, 2.45) is 5.73 Å². The minimum Gasteiger partial charge on any atom is -0.328 e. The van der Waals surface area contributed by atoms with Gasteiger partial charge in [-0.25, -0.2) is 0 Å². The third-order valence-electron chi connectivity index (χ3n) is 2.24. The molecule has 1 atom stereocenters. The van der Waals surface area contributed by atoms with Gasteiger partial charge >= 0.3 is 0 Å². The van der Waals surface area contributed by atoms with Crippen molar-refractivity contribution in [3.8, 4) is 0 Å². The molecule has 0 saturated carbocycles. The first-order valence-electron chi connectivity index (χ1n) is 5.08. The van der Waals surface area contributed by atoms with Gasteiger partial charge in [-0.1, -0.05) is 24.3 Å². The van der Waals surface area contributed by atoms with Crippen molar-refractivity contribution >= 4 is 11.8 Å². The topological polar surface area (TPSA) is 26.0 Å². The van der Waals surface area contributed by atoms with E-state index in [1.165, 1.54) is 11.1 Å². The van der Waals surface area contributed by atoms with E-state index >= 15 is 0 Å². The van der Waals surface area contributed by atoms with Crippen molar-refractivity contribution < 1.29 is 0 Å². The van der Waals surface area contributed by atoms with E-state index in [2.05, 4.69) is 38.1 Å². The Balaban J connectivity index is 2.28. The Bertz CT molecular complexity index is 271. The van der Waals surface area contributed by atoms with E-state index < -0.39 is 0 Å². The summed E-state index contributed by atoms with van der Waals surface area (Å²) in [7, 11) is 0. The second-order valence-corrected chi connectivity index (χ2v) is 4.85. The number of rotatable bonds is 5. The molecule has 2 N–H and O–H groups in total. The smallest absolute Gasteiger partial charge is 0.0187 e. The number of hydrogen-bond acceptors (Lipinski definition) is 2. The maximum Gasteiger partial charge on any atom is 0.0187 e. The summed E-state index contributed by atoms with van der Waals surface area (Å²) < 4.78 is 0. The predicted molar refractivity (Wildman–Crippen MR) is 65.6 cm³/mol. The van der Waals surface area contributed by atoms with Crippen LogP contribution < -0.4 is 5.73 Å². The Morgan fingerprint density at radius 2 is 2.07 bits per heavy atom. The van der Waals surface area contributed by atoms with E-state index in [1.54, 1.807) is 0 Å². The Kier molecular flexibility index (Phi) is 5.05. The lowest BCUT2D eigenvalue weighted by molar-refractivity contribution is 0.721. The van der Waals surface area contributed by atoms with Crippen LogP contribution >= 0.6 is 11.8 Å². The minimum absolute atomic E-state index is 0.333. The Labute approximate surface area is 91.1 Å². The van der Waals surface area contributed by atoms with Gasteiger partial charge in [0, 0.05) is 11.8 Å². The van der Waals surface area contributed by atoms with Crippen LogP contribution in [0, 0.1) is 6.92 Å². The van der Waals surface area contributed by atoms with Crippen LogP contribution in [0.4, 0.5) is 0 Å². The monoisotopic (exact) mass is 209 g/mol. The van der Waals surface area contributed by atoms with Gasteiger partial charge in [0.05, 0.1) is 0 Å². The van der Waals surface area contributed by atoms with E-state index in [0.717, 1.165) is 17.9 Å². The molecule has 1 nitrogen and oxygen atoms in total. The molecule has 0 aliphatic carbocycles. The van der Waals surface area contributed by atoms with Gasteiger partial charge < -0.3 is 5.73 Å². The Hall–Kier alpha value is -0.470. The van der Waals surface area contributed by atoms with Gasteiger partial charge in [-0.2, -0.15) is 11.8 Å². The molecule has 1 aromatic rings. The van der Waals surface area contributed by atoms with Gasteiger partial charge in [-0.15, -0.1) is 0 Å². The molecule has 0 spiro atoms. The average molecular weight is 209 g/mol. The summed E-state index contributed by atoms with van der Waals surface area (Å²) in [6.07, 6.45) is 1.11. The quantitative estimate of drug-likeness (QED) is 0.755. The molecule has 0 fully saturated rings. The summed E-state index contributed by atoms with van der Waals surface area (Å²) in [5.74, 6) is 2.27. The van der Waals surface area contributed by atoms with Crippen LogP contribution in [0.3, 0.4) is 0 Å². The molecule has 0 radical (unpaired) electrons. The maximum atomic E-state index is 5.69. The van der Waals surface area contributed by atoms with Gasteiger partial charge in [0.25, 0.3) is 0 Å². The fourth-order valence-corrected chi connectivity index (χ4v) is 2.45. The number of nitrogens with two attached hydrogens (primary N) is 1. The molecule has 1 rings (SSSR count). The summed E-state index contributed by atoms with van der Waals surface area (Å²) in [4.78, 5) is 0. The van der Waals surface area contributed by atoms with Crippen molar-refractivity contribution in [2.75, 3.05) is 5.75 Å². The third kappa shape index (κ3) is 4.16. The molecule has 0 amide bonds. The van der Waals surface area contributed by atoms with Crippen LogP contribution in [-0.2, 0) is 5.75 Å². The second kappa shape index (κ2) is 6.10. The molecular weight excluding hydrogens is 190 g/mol. The van der Waals surface area contributed by atoms with E-state index in [9.17, 15) is 0 Å². The van der Waals surface area contributed by atoms with E-state index in [4.69, 9.17) is 5.73 Å². The normalized spacial score (nSPS) is 12.8. The SMILES string of the molecule is Cc1ccccc1CSCCC(C)N. The average Bonchev–Trinajstić information content (AvgIpc) is 2.15. The van der Waals surface area contributed by atoms with Crippen LogP contribution in [0.5, 0.6) is 0 Å². The minimum atomic E-state index is 0.333. The lowest BCUT2D eigenvalue weighted by atomic mass is 10.1. The van der Waals surface area contributed by atoms with E-state index in [0.29, 0.717) is 6.04 Å².